The summed E-state index contributed by atoms with van der Waals surface area (Å²) in [5.74, 6) is 0. The molecule has 10 heteroatoms. The molecule has 0 aliphatic heterocycles. The molecule has 0 aromatic heterocycles. The highest BCUT2D eigenvalue weighted by molar-refractivity contribution is 4.75. The number of hydrogen-bond acceptors (Lipinski definition) is 4. The zero-order valence-electron chi connectivity index (χ0n) is 11.0. The van der Waals surface area contributed by atoms with Gasteiger partial charge in [0.1, 0.15) is 0 Å². The number of aliphatic hydroxyl groups excluding tert-OH is 2. The molecule has 2 N–H and O–H groups in total. The second-order valence-corrected chi connectivity index (χ2v) is 4.76. The van der Waals surface area contributed by atoms with Crippen molar-refractivity contribution >= 4 is 0 Å². The van der Waals surface area contributed by atoms with Crippen LogP contribution in [0.5, 0.6) is 0 Å². The molecule has 4 nitrogen and oxygen atoms in total. The second-order valence-electron chi connectivity index (χ2n) is 4.76. The third-order valence-electron chi connectivity index (χ3n) is 2.34. The zero-order valence-corrected chi connectivity index (χ0v) is 11.0. The Hall–Kier alpha value is -0.580. The van der Waals surface area contributed by atoms with E-state index in [0.29, 0.717) is 0 Å². The lowest BCUT2D eigenvalue weighted by Gasteiger charge is -2.27. The van der Waals surface area contributed by atoms with Crippen molar-refractivity contribution in [3.05, 3.63) is 0 Å². The summed E-state index contributed by atoms with van der Waals surface area (Å²) >= 11 is 0. The number of rotatable bonds is 7. The number of alkyl halides is 6. The molecule has 2 atom stereocenters. The van der Waals surface area contributed by atoms with Gasteiger partial charge in [-0.3, -0.25) is 9.80 Å². The number of likely N-dealkylation sites (N-methyl/N-ethyl adjacent to an activating group) is 2. The van der Waals surface area contributed by atoms with Crippen LogP contribution in [0.25, 0.3) is 0 Å². The van der Waals surface area contributed by atoms with E-state index in [1.165, 1.54) is 0 Å². The minimum absolute atomic E-state index is 0.499. The topological polar surface area (TPSA) is 46.9 Å². The van der Waals surface area contributed by atoms with Crippen LogP contribution >= 0.6 is 0 Å². The summed E-state index contributed by atoms with van der Waals surface area (Å²) in [6.45, 7) is -3.56. The van der Waals surface area contributed by atoms with Gasteiger partial charge in [0, 0.05) is 13.1 Å². The van der Waals surface area contributed by atoms with Crippen LogP contribution in [0.4, 0.5) is 26.3 Å². The number of halogens is 6. The SMILES string of the molecule is CN(CC(O)C(O)CN(C)CC(F)(F)F)CC(F)(F)F. The summed E-state index contributed by atoms with van der Waals surface area (Å²) in [4.78, 5) is 1.47. The monoisotopic (exact) mass is 312 g/mol. The van der Waals surface area contributed by atoms with Crippen LogP contribution in [0.1, 0.15) is 0 Å². The van der Waals surface area contributed by atoms with E-state index in [1.54, 1.807) is 0 Å². The fraction of sp³-hybridized carbons (Fsp3) is 1.00. The van der Waals surface area contributed by atoms with Gasteiger partial charge in [0.25, 0.3) is 0 Å². The van der Waals surface area contributed by atoms with Gasteiger partial charge in [-0.25, -0.2) is 0 Å². The van der Waals surface area contributed by atoms with Crippen molar-refractivity contribution in [3.63, 3.8) is 0 Å². The number of nitrogens with zero attached hydrogens (tertiary/aromatic N) is 2. The van der Waals surface area contributed by atoms with Crippen molar-refractivity contribution in [2.75, 3.05) is 40.3 Å². The molecular formula is C10H18F6N2O2. The average Bonchev–Trinajstić information content (AvgIpc) is 2.10. The van der Waals surface area contributed by atoms with Crippen molar-refractivity contribution < 1.29 is 36.6 Å². The van der Waals surface area contributed by atoms with E-state index in [0.717, 1.165) is 23.9 Å². The molecular weight excluding hydrogens is 294 g/mol. The fourth-order valence-electron chi connectivity index (χ4n) is 1.62. The first-order chi connectivity index (χ1) is 8.80. The van der Waals surface area contributed by atoms with Gasteiger partial charge in [-0.05, 0) is 14.1 Å². The second kappa shape index (κ2) is 7.43. The molecule has 0 amide bonds. The van der Waals surface area contributed by atoms with E-state index in [2.05, 4.69) is 0 Å². The summed E-state index contributed by atoms with van der Waals surface area (Å²) in [6, 6.07) is 0. The maximum Gasteiger partial charge on any atom is 0.401 e. The van der Waals surface area contributed by atoms with Crippen LogP contribution in [0.3, 0.4) is 0 Å². The van der Waals surface area contributed by atoms with Gasteiger partial charge in [-0.1, -0.05) is 0 Å². The summed E-state index contributed by atoms with van der Waals surface area (Å²) < 4.78 is 72.2. The van der Waals surface area contributed by atoms with Gasteiger partial charge in [-0.15, -0.1) is 0 Å². The summed E-state index contributed by atoms with van der Waals surface area (Å²) in [7, 11) is 2.17. The van der Waals surface area contributed by atoms with Gasteiger partial charge in [0.05, 0.1) is 25.3 Å². The maximum atomic E-state index is 12.0. The molecule has 0 aliphatic rings. The molecule has 122 valence electrons. The Morgan fingerprint density at radius 3 is 1.20 bits per heavy atom. The van der Waals surface area contributed by atoms with Gasteiger partial charge in [-0.2, -0.15) is 26.3 Å². The van der Waals surface area contributed by atoms with Gasteiger partial charge < -0.3 is 10.2 Å². The normalized spacial score (nSPS) is 16.8. The molecule has 0 radical (unpaired) electrons. The smallest absolute Gasteiger partial charge is 0.389 e. The van der Waals surface area contributed by atoms with Crippen LogP contribution < -0.4 is 0 Å². The quantitative estimate of drug-likeness (QED) is 0.679. The van der Waals surface area contributed by atoms with Crippen molar-refractivity contribution in [1.82, 2.24) is 9.80 Å². The van der Waals surface area contributed by atoms with Crippen LogP contribution in [0.2, 0.25) is 0 Å². The van der Waals surface area contributed by atoms with E-state index in [4.69, 9.17) is 0 Å². The Balaban J connectivity index is 4.18. The van der Waals surface area contributed by atoms with E-state index in [1.807, 2.05) is 0 Å². The van der Waals surface area contributed by atoms with E-state index in [9.17, 15) is 36.6 Å². The largest absolute Gasteiger partial charge is 0.401 e. The fourth-order valence-corrected chi connectivity index (χ4v) is 1.62. The van der Waals surface area contributed by atoms with Crippen LogP contribution in [0, 0.1) is 0 Å². The minimum Gasteiger partial charge on any atom is -0.389 e. The van der Waals surface area contributed by atoms with Gasteiger partial charge in [0.15, 0.2) is 0 Å². The Kier molecular flexibility index (Phi) is 7.22. The van der Waals surface area contributed by atoms with Crippen LogP contribution in [-0.2, 0) is 0 Å². The standard InChI is InChI=1S/C10H18F6N2O2/c1-17(5-9(11,12)13)3-7(19)8(20)4-18(2)6-10(14,15)16/h7-8,19-20H,3-6H2,1-2H3. The Morgan fingerprint density at radius 1 is 0.750 bits per heavy atom. The molecule has 0 aliphatic carbocycles. The van der Waals surface area contributed by atoms with E-state index < -0.39 is 50.7 Å². The summed E-state index contributed by atoms with van der Waals surface area (Å²) in [5.41, 5.74) is 0. The van der Waals surface area contributed by atoms with Crippen LogP contribution in [-0.4, -0.2) is 84.8 Å². The van der Waals surface area contributed by atoms with Crippen molar-refractivity contribution in [3.8, 4) is 0 Å². The Labute approximate surface area is 112 Å². The number of aliphatic hydroxyl groups is 2. The molecule has 0 spiro atoms. The molecule has 0 rings (SSSR count). The third kappa shape index (κ3) is 10.2. The Bertz CT molecular complexity index is 256. The lowest BCUT2D eigenvalue weighted by atomic mass is 10.2. The van der Waals surface area contributed by atoms with E-state index in [-0.39, 0.29) is 0 Å². The van der Waals surface area contributed by atoms with Crippen molar-refractivity contribution in [1.29, 1.82) is 0 Å². The lowest BCUT2D eigenvalue weighted by molar-refractivity contribution is -0.152. The molecule has 0 aromatic rings. The molecule has 0 fully saturated rings. The average molecular weight is 312 g/mol. The van der Waals surface area contributed by atoms with Gasteiger partial charge in [0.2, 0.25) is 0 Å². The highest BCUT2D eigenvalue weighted by Gasteiger charge is 2.32. The Morgan fingerprint density at radius 2 is 1.00 bits per heavy atom. The molecule has 0 bridgehead atoms. The van der Waals surface area contributed by atoms with Crippen LogP contribution in [0.15, 0.2) is 0 Å². The molecule has 20 heavy (non-hydrogen) atoms. The first-order valence-corrected chi connectivity index (χ1v) is 5.67. The zero-order chi connectivity index (χ0) is 16.1. The molecule has 2 unspecified atom stereocenters. The first-order valence-electron chi connectivity index (χ1n) is 5.67. The maximum absolute atomic E-state index is 12.0. The lowest BCUT2D eigenvalue weighted by Crippen LogP contribution is -2.46. The highest BCUT2D eigenvalue weighted by Crippen LogP contribution is 2.17. The third-order valence-corrected chi connectivity index (χ3v) is 2.34. The summed E-state index contributed by atoms with van der Waals surface area (Å²) in [5, 5.41) is 18.9. The van der Waals surface area contributed by atoms with Gasteiger partial charge >= 0.3 is 12.4 Å². The highest BCUT2D eigenvalue weighted by atomic mass is 19.4. The molecule has 0 heterocycles. The molecule has 0 saturated heterocycles. The summed E-state index contributed by atoms with van der Waals surface area (Å²) in [6.07, 6.45) is -12.0. The van der Waals surface area contributed by atoms with E-state index >= 15 is 0 Å². The predicted octanol–water partition coefficient (Wildman–Crippen LogP) is 0.696. The predicted molar refractivity (Wildman–Crippen MR) is 59.1 cm³/mol. The first kappa shape index (κ1) is 19.4. The van der Waals surface area contributed by atoms with Crippen molar-refractivity contribution in [2.24, 2.45) is 0 Å². The number of hydrogen-bond donors (Lipinski definition) is 2. The molecule has 0 saturated carbocycles. The minimum atomic E-state index is -4.45. The molecule has 0 aromatic carbocycles. The van der Waals surface area contributed by atoms with Crippen molar-refractivity contribution in [2.45, 2.75) is 24.6 Å².